The first-order valence-corrected chi connectivity index (χ1v) is 6.60. The van der Waals surface area contributed by atoms with Crippen molar-refractivity contribution in [2.24, 2.45) is 0 Å². The first kappa shape index (κ1) is 13.9. The number of nitrogens with zero attached hydrogens (tertiary/aromatic N) is 1. The van der Waals surface area contributed by atoms with E-state index in [1.54, 1.807) is 13.0 Å². The van der Waals surface area contributed by atoms with Crippen LogP contribution in [0, 0.1) is 6.92 Å². The van der Waals surface area contributed by atoms with Crippen LogP contribution < -0.4 is 5.32 Å². The Morgan fingerprint density at radius 2 is 1.95 bits per heavy atom. The van der Waals surface area contributed by atoms with Crippen LogP contribution in [0.1, 0.15) is 29.2 Å². The van der Waals surface area contributed by atoms with E-state index >= 15 is 0 Å². The number of thiazole rings is 1. The van der Waals surface area contributed by atoms with E-state index < -0.39 is 11.7 Å². The van der Waals surface area contributed by atoms with Gasteiger partial charge in [0.15, 0.2) is 0 Å². The molecular weight excluding hydrogens is 273 g/mol. The van der Waals surface area contributed by atoms with Gasteiger partial charge in [0.05, 0.1) is 11.6 Å². The summed E-state index contributed by atoms with van der Waals surface area (Å²) >= 11 is 1.44. The van der Waals surface area contributed by atoms with E-state index in [1.165, 1.54) is 23.5 Å². The molecule has 2 nitrogen and oxygen atoms in total. The Balaban J connectivity index is 2.24. The van der Waals surface area contributed by atoms with E-state index in [-0.39, 0.29) is 11.7 Å². The minimum atomic E-state index is -4.36. The number of para-hydroxylation sites is 1. The molecule has 0 aliphatic heterocycles. The third-order valence-corrected chi connectivity index (χ3v) is 3.76. The molecule has 6 heteroatoms. The van der Waals surface area contributed by atoms with Crippen molar-refractivity contribution in [1.82, 2.24) is 4.98 Å². The largest absolute Gasteiger partial charge is 0.418 e. The lowest BCUT2D eigenvalue weighted by molar-refractivity contribution is -0.137. The van der Waals surface area contributed by atoms with Gasteiger partial charge in [0.1, 0.15) is 5.01 Å². The number of aryl methyl sites for hydroxylation is 1. The first-order chi connectivity index (χ1) is 8.88. The molecular formula is C13H13F3N2S. The molecule has 0 radical (unpaired) electrons. The average Bonchev–Trinajstić information content (AvgIpc) is 2.75. The number of anilines is 1. The molecule has 0 spiro atoms. The number of hydrogen-bond acceptors (Lipinski definition) is 3. The molecule has 0 saturated heterocycles. The second-order valence-corrected chi connectivity index (χ2v) is 5.13. The van der Waals surface area contributed by atoms with Gasteiger partial charge < -0.3 is 5.32 Å². The fraction of sp³-hybridized carbons (Fsp3) is 0.308. The fourth-order valence-electron chi connectivity index (χ4n) is 1.72. The maximum atomic E-state index is 12.9. The Hall–Kier alpha value is -1.56. The van der Waals surface area contributed by atoms with Crippen LogP contribution in [0.4, 0.5) is 18.9 Å². The summed E-state index contributed by atoms with van der Waals surface area (Å²) in [5.41, 5.74) is 0.295. The predicted molar refractivity (Wildman–Crippen MR) is 70.3 cm³/mol. The average molecular weight is 286 g/mol. The zero-order valence-electron chi connectivity index (χ0n) is 10.5. The number of aromatic nitrogens is 1. The highest BCUT2D eigenvalue weighted by Gasteiger charge is 2.33. The highest BCUT2D eigenvalue weighted by atomic mass is 32.1. The molecule has 0 bridgehead atoms. The molecule has 1 heterocycles. The van der Waals surface area contributed by atoms with Crippen LogP contribution in [0.15, 0.2) is 29.6 Å². The number of benzene rings is 1. The van der Waals surface area contributed by atoms with Crippen molar-refractivity contribution in [2.75, 3.05) is 5.32 Å². The van der Waals surface area contributed by atoms with Crippen molar-refractivity contribution in [1.29, 1.82) is 0 Å². The van der Waals surface area contributed by atoms with Gasteiger partial charge in [0.2, 0.25) is 0 Å². The summed E-state index contributed by atoms with van der Waals surface area (Å²) in [6, 6.07) is 5.20. The van der Waals surface area contributed by atoms with Crippen LogP contribution >= 0.6 is 11.3 Å². The summed E-state index contributed by atoms with van der Waals surface area (Å²) in [4.78, 5) is 4.27. The lowest BCUT2D eigenvalue weighted by Gasteiger charge is -2.17. The quantitative estimate of drug-likeness (QED) is 0.888. The van der Waals surface area contributed by atoms with E-state index in [2.05, 4.69) is 10.3 Å². The number of nitrogens with one attached hydrogen (secondary N) is 1. The molecule has 0 amide bonds. The van der Waals surface area contributed by atoms with E-state index in [1.807, 2.05) is 12.3 Å². The molecule has 1 aromatic carbocycles. The lowest BCUT2D eigenvalue weighted by atomic mass is 10.1. The normalized spacial score (nSPS) is 13.3. The summed E-state index contributed by atoms with van der Waals surface area (Å²) in [5, 5.41) is 5.53. The number of hydrogen-bond donors (Lipinski definition) is 1. The molecule has 1 unspecified atom stereocenters. The maximum Gasteiger partial charge on any atom is 0.418 e. The van der Waals surface area contributed by atoms with E-state index in [0.29, 0.717) is 0 Å². The monoisotopic (exact) mass is 286 g/mol. The highest BCUT2D eigenvalue weighted by molar-refractivity contribution is 7.09. The minimum Gasteiger partial charge on any atom is -0.376 e. The highest BCUT2D eigenvalue weighted by Crippen LogP contribution is 2.36. The van der Waals surface area contributed by atoms with Crippen LogP contribution in [-0.2, 0) is 6.18 Å². The second-order valence-electron chi connectivity index (χ2n) is 4.24. The Labute approximate surface area is 113 Å². The third-order valence-electron chi connectivity index (χ3n) is 2.61. The topological polar surface area (TPSA) is 24.9 Å². The molecule has 2 rings (SSSR count). The minimum absolute atomic E-state index is 0.0790. The molecule has 0 fully saturated rings. The summed E-state index contributed by atoms with van der Waals surface area (Å²) in [6.07, 6.45) is -4.36. The molecule has 1 aromatic heterocycles. The van der Waals surface area contributed by atoms with E-state index in [0.717, 1.165) is 16.8 Å². The van der Waals surface area contributed by atoms with Crippen molar-refractivity contribution < 1.29 is 13.2 Å². The Kier molecular flexibility index (Phi) is 3.80. The van der Waals surface area contributed by atoms with E-state index in [9.17, 15) is 13.2 Å². The van der Waals surface area contributed by atoms with Gasteiger partial charge in [-0.2, -0.15) is 13.2 Å². The van der Waals surface area contributed by atoms with Crippen LogP contribution in [0.25, 0.3) is 0 Å². The summed E-state index contributed by atoms with van der Waals surface area (Å²) in [5.74, 6) is 0. The standard InChI is InChI=1S/C13H13F3N2S/c1-8-7-19-12(17-8)9(2)18-11-6-4-3-5-10(11)13(14,15)16/h3-7,9,18H,1-2H3. The predicted octanol–water partition coefficient (Wildman–Crippen LogP) is 4.64. The molecule has 19 heavy (non-hydrogen) atoms. The van der Waals surface area contributed by atoms with Gasteiger partial charge in [0.25, 0.3) is 0 Å². The van der Waals surface area contributed by atoms with Gasteiger partial charge in [-0.25, -0.2) is 4.98 Å². The van der Waals surface area contributed by atoms with Crippen molar-refractivity contribution >= 4 is 17.0 Å². The maximum absolute atomic E-state index is 12.9. The van der Waals surface area contributed by atoms with Gasteiger partial charge >= 0.3 is 6.18 Å². The zero-order valence-corrected chi connectivity index (χ0v) is 11.3. The number of halogens is 3. The Morgan fingerprint density at radius 3 is 2.53 bits per heavy atom. The fourth-order valence-corrected chi connectivity index (χ4v) is 2.53. The van der Waals surface area contributed by atoms with Gasteiger partial charge in [-0.05, 0) is 26.0 Å². The molecule has 2 aromatic rings. The van der Waals surface area contributed by atoms with Gasteiger partial charge in [0, 0.05) is 16.8 Å². The number of rotatable bonds is 3. The van der Waals surface area contributed by atoms with Crippen molar-refractivity contribution in [3.8, 4) is 0 Å². The van der Waals surface area contributed by atoms with Gasteiger partial charge in [-0.15, -0.1) is 11.3 Å². The zero-order chi connectivity index (χ0) is 14.0. The van der Waals surface area contributed by atoms with Crippen LogP contribution in [0.2, 0.25) is 0 Å². The van der Waals surface area contributed by atoms with E-state index in [4.69, 9.17) is 0 Å². The third kappa shape index (κ3) is 3.26. The van der Waals surface area contributed by atoms with Crippen molar-refractivity contribution in [2.45, 2.75) is 26.1 Å². The first-order valence-electron chi connectivity index (χ1n) is 5.72. The smallest absolute Gasteiger partial charge is 0.376 e. The number of alkyl halides is 3. The summed E-state index contributed by atoms with van der Waals surface area (Å²) in [6.45, 7) is 3.65. The summed E-state index contributed by atoms with van der Waals surface area (Å²) in [7, 11) is 0. The lowest BCUT2D eigenvalue weighted by Crippen LogP contribution is -2.13. The van der Waals surface area contributed by atoms with Crippen LogP contribution in [-0.4, -0.2) is 4.98 Å². The molecule has 0 saturated carbocycles. The van der Waals surface area contributed by atoms with Gasteiger partial charge in [-0.3, -0.25) is 0 Å². The summed E-state index contributed by atoms with van der Waals surface area (Å²) < 4.78 is 38.6. The molecule has 1 N–H and O–H groups in total. The molecule has 102 valence electrons. The SMILES string of the molecule is Cc1csc(C(C)Nc2ccccc2C(F)(F)F)n1. The van der Waals surface area contributed by atoms with Crippen LogP contribution in [0.5, 0.6) is 0 Å². The molecule has 1 atom stereocenters. The molecule has 0 aliphatic rings. The molecule has 0 aliphatic carbocycles. The van der Waals surface area contributed by atoms with Gasteiger partial charge in [-0.1, -0.05) is 12.1 Å². The Bertz CT molecular complexity index is 563. The van der Waals surface area contributed by atoms with Crippen LogP contribution in [0.3, 0.4) is 0 Å². The van der Waals surface area contributed by atoms with Crippen molar-refractivity contribution in [3.63, 3.8) is 0 Å². The van der Waals surface area contributed by atoms with Crippen molar-refractivity contribution in [3.05, 3.63) is 45.9 Å². The Morgan fingerprint density at radius 1 is 1.26 bits per heavy atom. The second kappa shape index (κ2) is 5.21.